The van der Waals surface area contributed by atoms with Gasteiger partial charge >= 0.3 is 0 Å². The van der Waals surface area contributed by atoms with Crippen molar-refractivity contribution in [2.45, 2.75) is 84.7 Å². The van der Waals surface area contributed by atoms with Crippen LogP contribution in [0.3, 0.4) is 0 Å². The molecule has 0 heterocycles. The molecule has 0 saturated carbocycles. The first-order chi connectivity index (χ1) is 7.35. The van der Waals surface area contributed by atoms with E-state index in [4.69, 9.17) is 4.74 Å². The molecule has 0 aromatic carbocycles. The van der Waals surface area contributed by atoms with Crippen molar-refractivity contribution in [2.75, 3.05) is 6.61 Å². The van der Waals surface area contributed by atoms with Gasteiger partial charge in [0.05, 0.1) is 6.10 Å². The highest BCUT2D eigenvalue weighted by molar-refractivity contribution is 4.58. The van der Waals surface area contributed by atoms with Gasteiger partial charge in [-0.25, -0.2) is 0 Å². The first-order valence-electron chi connectivity index (χ1n) is 6.96. The van der Waals surface area contributed by atoms with Crippen LogP contribution < -0.4 is 0 Å². The van der Waals surface area contributed by atoms with Gasteiger partial charge in [0.2, 0.25) is 0 Å². The molecule has 92 valence electrons. The van der Waals surface area contributed by atoms with Gasteiger partial charge in [-0.2, -0.15) is 0 Å². The lowest BCUT2D eigenvalue weighted by Crippen LogP contribution is -2.13. The van der Waals surface area contributed by atoms with E-state index in [-0.39, 0.29) is 0 Å². The van der Waals surface area contributed by atoms with E-state index in [1.165, 1.54) is 51.4 Å². The fraction of sp³-hybridized carbons (Fsp3) is 1.00. The van der Waals surface area contributed by atoms with Crippen molar-refractivity contribution < 1.29 is 4.74 Å². The second kappa shape index (κ2) is 12.0. The van der Waals surface area contributed by atoms with Crippen molar-refractivity contribution in [3.05, 3.63) is 0 Å². The maximum Gasteiger partial charge on any atom is 0.0575 e. The van der Waals surface area contributed by atoms with Crippen molar-refractivity contribution in [3.63, 3.8) is 0 Å². The van der Waals surface area contributed by atoms with Crippen LogP contribution in [0.5, 0.6) is 0 Å². The molecule has 0 aliphatic carbocycles. The lowest BCUT2D eigenvalue weighted by molar-refractivity contribution is 0.0398. The molecule has 15 heavy (non-hydrogen) atoms. The fourth-order valence-electron chi connectivity index (χ4n) is 1.89. The number of ether oxygens (including phenoxy) is 1. The Kier molecular flexibility index (Phi) is 12.0. The molecule has 1 nitrogen and oxygen atoms in total. The van der Waals surface area contributed by atoms with E-state index in [1.54, 1.807) is 0 Å². The zero-order chi connectivity index (χ0) is 11.4. The molecular weight excluding hydrogens is 184 g/mol. The van der Waals surface area contributed by atoms with E-state index < -0.39 is 0 Å². The minimum absolute atomic E-state index is 0.538. The van der Waals surface area contributed by atoms with Crippen LogP contribution in [0.4, 0.5) is 0 Å². The number of unbranched alkanes of at least 4 members (excludes halogenated alkanes) is 4. The van der Waals surface area contributed by atoms with Crippen LogP contribution in [0.1, 0.15) is 78.6 Å². The molecule has 0 amide bonds. The predicted molar refractivity (Wildman–Crippen MR) is 68.3 cm³/mol. The highest BCUT2D eigenvalue weighted by Crippen LogP contribution is 2.13. The Morgan fingerprint density at radius 2 is 1.47 bits per heavy atom. The summed E-state index contributed by atoms with van der Waals surface area (Å²) in [6.45, 7) is 7.65. The van der Waals surface area contributed by atoms with Crippen LogP contribution in [-0.2, 0) is 4.74 Å². The van der Waals surface area contributed by atoms with Gasteiger partial charge < -0.3 is 4.74 Å². The summed E-state index contributed by atoms with van der Waals surface area (Å²) >= 11 is 0. The number of hydrogen-bond acceptors (Lipinski definition) is 1. The molecule has 0 saturated heterocycles. The summed E-state index contributed by atoms with van der Waals surface area (Å²) in [6.07, 6.45) is 12.3. The standard InChI is InChI=1S/C14H30O/c1-4-7-8-9-10-12-14(11-5-2)15-13-6-3/h14H,4-13H2,1-3H3. The van der Waals surface area contributed by atoms with Gasteiger partial charge in [-0.1, -0.05) is 59.3 Å². The highest BCUT2D eigenvalue weighted by Gasteiger charge is 2.06. The monoisotopic (exact) mass is 214 g/mol. The van der Waals surface area contributed by atoms with E-state index in [9.17, 15) is 0 Å². The molecule has 0 N–H and O–H groups in total. The molecule has 0 aliphatic heterocycles. The third-order valence-electron chi connectivity index (χ3n) is 2.80. The Bertz CT molecular complexity index is 112. The second-order valence-corrected chi connectivity index (χ2v) is 4.48. The second-order valence-electron chi connectivity index (χ2n) is 4.48. The van der Waals surface area contributed by atoms with Gasteiger partial charge in [0.1, 0.15) is 0 Å². The van der Waals surface area contributed by atoms with Crippen molar-refractivity contribution in [1.29, 1.82) is 0 Å². The lowest BCUT2D eigenvalue weighted by atomic mass is 10.1. The van der Waals surface area contributed by atoms with E-state index in [2.05, 4.69) is 20.8 Å². The molecule has 1 unspecified atom stereocenters. The quantitative estimate of drug-likeness (QED) is 0.442. The van der Waals surface area contributed by atoms with E-state index >= 15 is 0 Å². The van der Waals surface area contributed by atoms with Crippen LogP contribution in [0.15, 0.2) is 0 Å². The fourth-order valence-corrected chi connectivity index (χ4v) is 1.89. The Labute approximate surface area is 96.6 Å². The predicted octanol–water partition coefficient (Wildman–Crippen LogP) is 4.94. The number of hydrogen-bond donors (Lipinski definition) is 0. The Morgan fingerprint density at radius 1 is 0.733 bits per heavy atom. The zero-order valence-corrected chi connectivity index (χ0v) is 11.1. The highest BCUT2D eigenvalue weighted by atomic mass is 16.5. The van der Waals surface area contributed by atoms with Crippen LogP contribution >= 0.6 is 0 Å². The summed E-state index contributed by atoms with van der Waals surface area (Å²) in [5.74, 6) is 0. The molecular formula is C14H30O. The minimum Gasteiger partial charge on any atom is -0.378 e. The van der Waals surface area contributed by atoms with Crippen LogP contribution in [0.25, 0.3) is 0 Å². The molecule has 0 bridgehead atoms. The minimum atomic E-state index is 0.538. The maximum absolute atomic E-state index is 5.84. The topological polar surface area (TPSA) is 9.23 Å². The summed E-state index contributed by atoms with van der Waals surface area (Å²) in [5.41, 5.74) is 0. The zero-order valence-electron chi connectivity index (χ0n) is 11.1. The smallest absolute Gasteiger partial charge is 0.0575 e. The SMILES string of the molecule is CCCCCCCC(CCC)OCCC. The lowest BCUT2D eigenvalue weighted by Gasteiger charge is -2.16. The first-order valence-corrected chi connectivity index (χ1v) is 6.96. The van der Waals surface area contributed by atoms with Crippen molar-refractivity contribution in [3.8, 4) is 0 Å². The van der Waals surface area contributed by atoms with Crippen LogP contribution in [-0.4, -0.2) is 12.7 Å². The third kappa shape index (κ3) is 10.2. The number of rotatable bonds is 11. The Balaban J connectivity index is 3.38. The first kappa shape index (κ1) is 15.0. The van der Waals surface area contributed by atoms with Gasteiger partial charge in [0.25, 0.3) is 0 Å². The van der Waals surface area contributed by atoms with E-state index in [0.29, 0.717) is 6.10 Å². The summed E-state index contributed by atoms with van der Waals surface area (Å²) in [7, 11) is 0. The molecule has 0 rings (SSSR count). The van der Waals surface area contributed by atoms with Crippen LogP contribution in [0, 0.1) is 0 Å². The molecule has 1 atom stereocenters. The molecule has 0 aromatic heterocycles. The third-order valence-corrected chi connectivity index (χ3v) is 2.80. The van der Waals surface area contributed by atoms with Crippen LogP contribution in [0.2, 0.25) is 0 Å². The molecule has 0 fully saturated rings. The van der Waals surface area contributed by atoms with E-state index in [0.717, 1.165) is 13.0 Å². The van der Waals surface area contributed by atoms with Crippen molar-refractivity contribution >= 4 is 0 Å². The van der Waals surface area contributed by atoms with Gasteiger partial charge in [-0.05, 0) is 19.3 Å². The Morgan fingerprint density at radius 3 is 2.07 bits per heavy atom. The molecule has 0 aromatic rings. The van der Waals surface area contributed by atoms with Crippen molar-refractivity contribution in [2.24, 2.45) is 0 Å². The summed E-state index contributed by atoms with van der Waals surface area (Å²) < 4.78 is 5.84. The average molecular weight is 214 g/mol. The summed E-state index contributed by atoms with van der Waals surface area (Å²) in [4.78, 5) is 0. The molecule has 0 radical (unpaired) electrons. The molecule has 0 aliphatic rings. The van der Waals surface area contributed by atoms with E-state index in [1.807, 2.05) is 0 Å². The van der Waals surface area contributed by atoms with Gasteiger partial charge in [-0.15, -0.1) is 0 Å². The summed E-state index contributed by atoms with van der Waals surface area (Å²) in [5, 5.41) is 0. The normalized spacial score (nSPS) is 13.0. The maximum atomic E-state index is 5.84. The average Bonchev–Trinajstić information content (AvgIpc) is 2.25. The summed E-state index contributed by atoms with van der Waals surface area (Å²) in [6, 6.07) is 0. The van der Waals surface area contributed by atoms with Gasteiger partial charge in [0, 0.05) is 6.61 Å². The largest absolute Gasteiger partial charge is 0.378 e. The molecule has 0 spiro atoms. The van der Waals surface area contributed by atoms with Gasteiger partial charge in [-0.3, -0.25) is 0 Å². The molecule has 1 heteroatoms. The van der Waals surface area contributed by atoms with Gasteiger partial charge in [0.15, 0.2) is 0 Å². The van der Waals surface area contributed by atoms with Crippen molar-refractivity contribution in [1.82, 2.24) is 0 Å². The Hall–Kier alpha value is -0.0400.